The van der Waals surface area contributed by atoms with Gasteiger partial charge in [0.2, 0.25) is 5.28 Å². The molecule has 0 amide bonds. The van der Waals surface area contributed by atoms with Crippen LogP contribution in [0, 0.1) is 0 Å². The number of nitrogens with zero attached hydrogens (tertiary/aromatic N) is 3. The highest BCUT2D eigenvalue weighted by Crippen LogP contribution is 2.28. The zero-order valence-electron chi connectivity index (χ0n) is 10.8. The molecule has 3 aromatic rings. The van der Waals surface area contributed by atoms with E-state index in [1.807, 2.05) is 54.6 Å². The number of ether oxygens (including phenoxy) is 1. The van der Waals surface area contributed by atoms with Crippen LogP contribution in [-0.2, 0) is 0 Å². The van der Waals surface area contributed by atoms with E-state index in [4.69, 9.17) is 16.3 Å². The molecule has 5 heteroatoms. The number of hydrogen-bond donors (Lipinski definition) is 0. The summed E-state index contributed by atoms with van der Waals surface area (Å²) in [5, 5.41) is 4.77. The highest BCUT2D eigenvalue weighted by Gasteiger charge is 2.14. The van der Waals surface area contributed by atoms with Crippen LogP contribution in [-0.4, -0.2) is 21.9 Å². The molecule has 100 valence electrons. The fraction of sp³-hybridized carbons (Fsp3) is 0.0667. The molecule has 0 spiro atoms. The first-order valence-corrected chi connectivity index (χ1v) is 6.49. The lowest BCUT2D eigenvalue weighted by atomic mass is 10.2. The van der Waals surface area contributed by atoms with Crippen molar-refractivity contribution in [3.63, 3.8) is 0 Å². The van der Waals surface area contributed by atoms with Crippen molar-refractivity contribution >= 4 is 11.6 Å². The maximum absolute atomic E-state index is 6.17. The topological polar surface area (TPSA) is 39.9 Å². The molecule has 0 fully saturated rings. The Morgan fingerprint density at radius 3 is 2.45 bits per heavy atom. The molecule has 4 nitrogen and oxygen atoms in total. The smallest absolute Gasteiger partial charge is 0.226 e. The summed E-state index contributed by atoms with van der Waals surface area (Å²) < 4.78 is 6.92. The second-order valence-electron chi connectivity index (χ2n) is 4.15. The van der Waals surface area contributed by atoms with E-state index in [2.05, 4.69) is 10.1 Å². The van der Waals surface area contributed by atoms with E-state index in [0.29, 0.717) is 11.1 Å². The number of para-hydroxylation sites is 2. The summed E-state index contributed by atoms with van der Waals surface area (Å²) in [4.78, 5) is 4.30. The third-order valence-electron chi connectivity index (χ3n) is 2.92. The Morgan fingerprint density at radius 1 is 1.00 bits per heavy atom. The van der Waals surface area contributed by atoms with Gasteiger partial charge >= 0.3 is 0 Å². The third kappa shape index (κ3) is 2.26. The third-order valence-corrected chi connectivity index (χ3v) is 3.16. The van der Waals surface area contributed by atoms with Crippen LogP contribution in [0.1, 0.15) is 0 Å². The summed E-state index contributed by atoms with van der Waals surface area (Å²) in [6, 6.07) is 17.2. The van der Waals surface area contributed by atoms with Gasteiger partial charge in [0.25, 0.3) is 0 Å². The number of hydrogen-bond acceptors (Lipinski definition) is 3. The highest BCUT2D eigenvalue weighted by atomic mass is 35.5. The fourth-order valence-electron chi connectivity index (χ4n) is 1.97. The molecule has 0 N–H and O–H groups in total. The zero-order chi connectivity index (χ0) is 13.9. The van der Waals surface area contributed by atoms with Gasteiger partial charge in [-0.05, 0) is 35.9 Å². The molecule has 3 rings (SSSR count). The lowest BCUT2D eigenvalue weighted by Crippen LogP contribution is -1.96. The van der Waals surface area contributed by atoms with Gasteiger partial charge in [0.05, 0.1) is 18.4 Å². The maximum Gasteiger partial charge on any atom is 0.226 e. The van der Waals surface area contributed by atoms with Gasteiger partial charge in [-0.25, -0.2) is 4.68 Å². The molecule has 0 aliphatic carbocycles. The van der Waals surface area contributed by atoms with Gasteiger partial charge in [-0.1, -0.05) is 30.3 Å². The first-order valence-electron chi connectivity index (χ1n) is 6.11. The Bertz CT molecular complexity index is 725. The van der Waals surface area contributed by atoms with Crippen LogP contribution in [0.25, 0.3) is 17.1 Å². The van der Waals surface area contributed by atoms with Crippen LogP contribution in [0.5, 0.6) is 5.75 Å². The first-order chi connectivity index (χ1) is 9.79. The van der Waals surface area contributed by atoms with Crippen LogP contribution in [0.3, 0.4) is 0 Å². The molecule has 1 heterocycles. The molecule has 0 radical (unpaired) electrons. The average molecular weight is 286 g/mol. The number of halogens is 1. The van der Waals surface area contributed by atoms with Crippen LogP contribution in [0.15, 0.2) is 54.6 Å². The largest absolute Gasteiger partial charge is 0.496 e. The lowest BCUT2D eigenvalue weighted by molar-refractivity contribution is 0.416. The van der Waals surface area contributed by atoms with Gasteiger partial charge in [-0.15, -0.1) is 5.10 Å². The Hall–Kier alpha value is -2.33. The monoisotopic (exact) mass is 285 g/mol. The summed E-state index contributed by atoms with van der Waals surface area (Å²) in [7, 11) is 1.62. The Labute approximate surface area is 121 Å². The van der Waals surface area contributed by atoms with E-state index in [1.165, 1.54) is 0 Å². The summed E-state index contributed by atoms with van der Waals surface area (Å²) in [5.41, 5.74) is 1.68. The number of rotatable bonds is 3. The van der Waals surface area contributed by atoms with E-state index in [0.717, 1.165) is 17.0 Å². The molecule has 0 atom stereocenters. The standard InChI is InChI=1S/C15H12ClN3O/c1-20-13-10-6-5-9-12(13)14-17-15(16)19(18-14)11-7-3-2-4-8-11/h2-10H,1H3. The Kier molecular flexibility index (Phi) is 3.39. The van der Waals surface area contributed by atoms with Gasteiger partial charge in [-0.3, -0.25) is 0 Å². The summed E-state index contributed by atoms with van der Waals surface area (Å²) in [6.07, 6.45) is 0. The minimum absolute atomic E-state index is 0.317. The molecular formula is C15H12ClN3O. The number of methoxy groups -OCH3 is 1. The lowest BCUT2D eigenvalue weighted by Gasteiger charge is -2.04. The number of aromatic nitrogens is 3. The summed E-state index contributed by atoms with van der Waals surface area (Å²) in [5.74, 6) is 1.26. The Morgan fingerprint density at radius 2 is 1.70 bits per heavy atom. The fourth-order valence-corrected chi connectivity index (χ4v) is 2.19. The van der Waals surface area contributed by atoms with Crippen molar-refractivity contribution in [3.8, 4) is 22.8 Å². The predicted octanol–water partition coefficient (Wildman–Crippen LogP) is 3.60. The molecule has 0 aliphatic heterocycles. The van der Waals surface area contributed by atoms with Crippen LogP contribution < -0.4 is 4.74 Å². The zero-order valence-corrected chi connectivity index (χ0v) is 11.6. The Balaban J connectivity index is 2.09. The highest BCUT2D eigenvalue weighted by molar-refractivity contribution is 6.28. The normalized spacial score (nSPS) is 10.5. The van der Waals surface area contributed by atoms with E-state index >= 15 is 0 Å². The summed E-state index contributed by atoms with van der Waals surface area (Å²) >= 11 is 6.17. The van der Waals surface area contributed by atoms with Crippen molar-refractivity contribution in [2.75, 3.05) is 7.11 Å². The maximum atomic E-state index is 6.17. The van der Waals surface area contributed by atoms with Crippen molar-refractivity contribution in [1.82, 2.24) is 14.8 Å². The van der Waals surface area contributed by atoms with E-state index in [1.54, 1.807) is 11.8 Å². The van der Waals surface area contributed by atoms with Crippen LogP contribution in [0.4, 0.5) is 0 Å². The second kappa shape index (κ2) is 5.35. The minimum Gasteiger partial charge on any atom is -0.496 e. The van der Waals surface area contributed by atoms with Gasteiger partial charge < -0.3 is 4.74 Å². The summed E-state index contributed by atoms with van der Waals surface area (Å²) in [6.45, 7) is 0. The quantitative estimate of drug-likeness (QED) is 0.738. The first kappa shape index (κ1) is 12.7. The predicted molar refractivity (Wildman–Crippen MR) is 78.4 cm³/mol. The van der Waals surface area contributed by atoms with E-state index in [-0.39, 0.29) is 0 Å². The SMILES string of the molecule is COc1ccccc1-c1nc(Cl)n(-c2ccccc2)n1. The van der Waals surface area contributed by atoms with Gasteiger partial charge in [0.1, 0.15) is 5.75 Å². The molecule has 1 aromatic heterocycles. The van der Waals surface area contributed by atoms with Crippen molar-refractivity contribution in [1.29, 1.82) is 0 Å². The van der Waals surface area contributed by atoms with Gasteiger partial charge in [0, 0.05) is 0 Å². The van der Waals surface area contributed by atoms with Gasteiger partial charge in [0.15, 0.2) is 5.82 Å². The van der Waals surface area contributed by atoms with Crippen molar-refractivity contribution in [2.45, 2.75) is 0 Å². The second-order valence-corrected chi connectivity index (χ2v) is 4.49. The molecule has 0 aliphatic rings. The molecule has 0 saturated heterocycles. The van der Waals surface area contributed by atoms with Crippen molar-refractivity contribution in [3.05, 3.63) is 59.9 Å². The minimum atomic E-state index is 0.317. The van der Waals surface area contributed by atoms with E-state index in [9.17, 15) is 0 Å². The molecule has 0 unspecified atom stereocenters. The van der Waals surface area contributed by atoms with Crippen molar-refractivity contribution < 1.29 is 4.74 Å². The molecular weight excluding hydrogens is 274 g/mol. The van der Waals surface area contributed by atoms with E-state index < -0.39 is 0 Å². The number of benzene rings is 2. The van der Waals surface area contributed by atoms with Gasteiger partial charge in [-0.2, -0.15) is 4.98 Å². The van der Waals surface area contributed by atoms with Crippen LogP contribution in [0.2, 0.25) is 5.28 Å². The van der Waals surface area contributed by atoms with Crippen LogP contribution >= 0.6 is 11.6 Å². The van der Waals surface area contributed by atoms with Crippen molar-refractivity contribution in [2.24, 2.45) is 0 Å². The molecule has 20 heavy (non-hydrogen) atoms. The molecule has 0 bridgehead atoms. The molecule has 2 aromatic carbocycles. The molecule has 0 saturated carbocycles. The average Bonchev–Trinajstić information content (AvgIpc) is 2.90.